The molecule has 0 atom stereocenters. The van der Waals surface area contributed by atoms with Crippen molar-refractivity contribution in [2.24, 2.45) is 0 Å². The van der Waals surface area contributed by atoms with Gasteiger partial charge in [0, 0.05) is 16.9 Å². The fourth-order valence-electron chi connectivity index (χ4n) is 3.91. The number of Topliss-reactive ketones (excluding diaryl/α,β-unsaturated/α-hetero) is 1. The number of anilines is 2. The number of benzene rings is 3. The van der Waals surface area contributed by atoms with E-state index in [0.717, 1.165) is 38.5 Å². The highest BCUT2D eigenvalue weighted by atomic mass is 16.5. The van der Waals surface area contributed by atoms with Gasteiger partial charge in [0.2, 0.25) is 0 Å². The summed E-state index contributed by atoms with van der Waals surface area (Å²) in [6.45, 7) is 3.74. The lowest BCUT2D eigenvalue weighted by atomic mass is 10.0. The van der Waals surface area contributed by atoms with Crippen molar-refractivity contribution in [3.05, 3.63) is 89.0 Å². The summed E-state index contributed by atoms with van der Waals surface area (Å²) in [5.74, 6) is -1.54. The van der Waals surface area contributed by atoms with E-state index in [9.17, 15) is 19.5 Å². The maximum Gasteiger partial charge on any atom is 0.340 e. The molecule has 0 spiro atoms. The van der Waals surface area contributed by atoms with Gasteiger partial charge in [-0.15, -0.1) is 0 Å². The number of ether oxygens (including phenoxy) is 1. The first-order valence-electron chi connectivity index (χ1n) is 13.1. The molecule has 3 rings (SSSR count). The third-order valence-corrected chi connectivity index (χ3v) is 6.15. The molecule has 0 aromatic heterocycles. The second kappa shape index (κ2) is 14.6. The highest BCUT2D eigenvalue weighted by Gasteiger charge is 2.17. The molecule has 3 N–H and O–H groups in total. The normalized spacial score (nSPS) is 10.6. The monoisotopic (exact) mass is 516 g/mol. The molecule has 1 amide bonds. The van der Waals surface area contributed by atoms with Crippen LogP contribution in [0.25, 0.3) is 0 Å². The molecule has 0 heterocycles. The van der Waals surface area contributed by atoms with Gasteiger partial charge < -0.3 is 20.5 Å². The van der Waals surface area contributed by atoms with Gasteiger partial charge in [-0.2, -0.15) is 0 Å². The van der Waals surface area contributed by atoms with Crippen LogP contribution in [0.3, 0.4) is 0 Å². The molecule has 7 heteroatoms. The van der Waals surface area contributed by atoms with Crippen LogP contribution in [-0.4, -0.2) is 35.9 Å². The molecule has 0 bridgehead atoms. The van der Waals surface area contributed by atoms with E-state index in [1.165, 1.54) is 29.3 Å². The topological polar surface area (TPSA) is 105 Å². The van der Waals surface area contributed by atoms with Crippen LogP contribution in [0, 0.1) is 0 Å². The summed E-state index contributed by atoms with van der Waals surface area (Å²) in [4.78, 5) is 37.7. The summed E-state index contributed by atoms with van der Waals surface area (Å²) in [7, 11) is 0. The number of nitrogens with one attached hydrogen (secondary N) is 2. The second-order valence-corrected chi connectivity index (χ2v) is 9.23. The highest BCUT2D eigenvalue weighted by molar-refractivity contribution is 6.02. The fraction of sp³-hybridized carbons (Fsp3) is 0.323. The van der Waals surface area contributed by atoms with Gasteiger partial charge in [-0.3, -0.25) is 9.59 Å². The number of esters is 1. The van der Waals surface area contributed by atoms with Crippen molar-refractivity contribution < 1.29 is 24.2 Å². The zero-order valence-electron chi connectivity index (χ0n) is 22.1. The Kier molecular flexibility index (Phi) is 10.9. The average Bonchev–Trinajstić information content (AvgIpc) is 2.93. The van der Waals surface area contributed by atoms with Crippen molar-refractivity contribution in [1.29, 1.82) is 0 Å². The number of unbranched alkanes of at least 4 members (excludes halogenated alkanes) is 2. The number of hydrogen-bond acceptors (Lipinski definition) is 6. The third kappa shape index (κ3) is 8.76. The number of phenols is 1. The molecule has 3 aromatic carbocycles. The van der Waals surface area contributed by atoms with Gasteiger partial charge in [-0.05, 0) is 67.1 Å². The van der Waals surface area contributed by atoms with Gasteiger partial charge in [0.15, 0.2) is 12.4 Å². The Morgan fingerprint density at radius 3 is 2.03 bits per heavy atom. The number of carbonyl (C=O) groups excluding carboxylic acids is 3. The predicted molar refractivity (Wildman–Crippen MR) is 150 cm³/mol. The second-order valence-electron chi connectivity index (χ2n) is 9.23. The summed E-state index contributed by atoms with van der Waals surface area (Å²) in [5, 5.41) is 15.6. The molecule has 200 valence electrons. The molecule has 0 fully saturated rings. The van der Waals surface area contributed by atoms with Gasteiger partial charge in [-0.1, -0.05) is 63.1 Å². The zero-order valence-corrected chi connectivity index (χ0v) is 22.1. The first-order valence-corrected chi connectivity index (χ1v) is 13.1. The standard InChI is InChI=1S/C31H36N2O5/c1-3-5-7-22-9-13-24(14-10-22)29(35)20-32-28-18-17-26(34)19-27(28)31(37)38-21-30(36)33-25-15-11-23(12-16-25)8-6-4-2/h9-19,32,34H,3-8,20-21H2,1-2H3,(H,33,36). The number of rotatable bonds is 14. The van der Waals surface area contributed by atoms with E-state index in [0.29, 0.717) is 16.9 Å². The van der Waals surface area contributed by atoms with Crippen LogP contribution in [0.5, 0.6) is 5.75 Å². The Labute approximate surface area is 224 Å². The first-order chi connectivity index (χ1) is 18.4. The largest absolute Gasteiger partial charge is 0.508 e. The number of ketones is 1. The van der Waals surface area contributed by atoms with Crippen LogP contribution in [0.4, 0.5) is 11.4 Å². The molecule has 7 nitrogen and oxygen atoms in total. The SMILES string of the molecule is CCCCc1ccc(NC(=O)COC(=O)c2cc(O)ccc2NCC(=O)c2ccc(CCCC)cc2)cc1. The minimum Gasteiger partial charge on any atom is -0.508 e. The van der Waals surface area contributed by atoms with Gasteiger partial charge >= 0.3 is 5.97 Å². The molecule has 0 aliphatic carbocycles. The van der Waals surface area contributed by atoms with Crippen molar-refractivity contribution in [2.45, 2.75) is 52.4 Å². The molecular formula is C31H36N2O5. The Balaban J connectivity index is 1.54. The Bertz CT molecular complexity index is 1220. The molecule has 3 aromatic rings. The van der Waals surface area contributed by atoms with Crippen LogP contribution in [0.1, 0.15) is 71.4 Å². The van der Waals surface area contributed by atoms with Gasteiger partial charge in [-0.25, -0.2) is 4.79 Å². The summed E-state index contributed by atoms with van der Waals surface area (Å²) in [6.07, 6.45) is 6.39. The number of hydrogen-bond donors (Lipinski definition) is 3. The van der Waals surface area contributed by atoms with E-state index in [1.807, 2.05) is 36.4 Å². The summed E-state index contributed by atoms with van der Waals surface area (Å²) < 4.78 is 5.18. The molecule has 0 saturated heterocycles. The third-order valence-electron chi connectivity index (χ3n) is 6.15. The molecule has 0 aliphatic rings. The van der Waals surface area contributed by atoms with Gasteiger partial charge in [0.1, 0.15) is 5.75 Å². The lowest BCUT2D eigenvalue weighted by molar-refractivity contribution is -0.119. The van der Waals surface area contributed by atoms with E-state index in [1.54, 1.807) is 12.1 Å². The van der Waals surface area contributed by atoms with Crippen molar-refractivity contribution in [2.75, 3.05) is 23.8 Å². The quantitative estimate of drug-likeness (QED) is 0.134. The number of phenolic OH excluding ortho intramolecular Hbond substituents is 1. The minimum atomic E-state index is -0.791. The molecule has 38 heavy (non-hydrogen) atoms. The maximum atomic E-state index is 12.7. The van der Waals surface area contributed by atoms with E-state index >= 15 is 0 Å². The van der Waals surface area contributed by atoms with E-state index in [4.69, 9.17) is 4.74 Å². The molecule has 0 radical (unpaired) electrons. The lowest BCUT2D eigenvalue weighted by Crippen LogP contribution is -2.22. The fourth-order valence-corrected chi connectivity index (χ4v) is 3.91. The Morgan fingerprint density at radius 1 is 0.816 bits per heavy atom. The smallest absolute Gasteiger partial charge is 0.340 e. The first kappa shape index (κ1) is 28.4. The average molecular weight is 517 g/mol. The minimum absolute atomic E-state index is 0.0285. The number of aryl methyl sites for hydroxylation is 2. The Morgan fingerprint density at radius 2 is 1.42 bits per heavy atom. The number of amides is 1. The van der Waals surface area contributed by atoms with Crippen molar-refractivity contribution in [3.63, 3.8) is 0 Å². The number of carbonyl (C=O) groups is 3. The van der Waals surface area contributed by atoms with Crippen molar-refractivity contribution in [3.8, 4) is 5.75 Å². The Hall–Kier alpha value is -4.13. The molecular weight excluding hydrogens is 480 g/mol. The van der Waals surface area contributed by atoms with Crippen molar-refractivity contribution in [1.82, 2.24) is 0 Å². The summed E-state index contributed by atoms with van der Waals surface area (Å²) in [5.41, 5.74) is 3.92. The number of aromatic hydroxyl groups is 1. The van der Waals surface area contributed by atoms with Crippen LogP contribution in [0.2, 0.25) is 0 Å². The van der Waals surface area contributed by atoms with Crippen LogP contribution < -0.4 is 10.6 Å². The van der Waals surface area contributed by atoms with E-state index in [2.05, 4.69) is 24.5 Å². The van der Waals surface area contributed by atoms with Gasteiger partial charge in [0.05, 0.1) is 12.1 Å². The zero-order chi connectivity index (χ0) is 27.3. The van der Waals surface area contributed by atoms with Crippen LogP contribution >= 0.6 is 0 Å². The van der Waals surface area contributed by atoms with Crippen LogP contribution in [-0.2, 0) is 22.4 Å². The summed E-state index contributed by atoms with van der Waals surface area (Å²) >= 11 is 0. The highest BCUT2D eigenvalue weighted by Crippen LogP contribution is 2.22. The van der Waals surface area contributed by atoms with E-state index < -0.39 is 18.5 Å². The molecule has 0 aliphatic heterocycles. The molecule has 0 saturated carbocycles. The summed E-state index contributed by atoms with van der Waals surface area (Å²) in [6, 6.07) is 19.2. The lowest BCUT2D eigenvalue weighted by Gasteiger charge is -2.12. The van der Waals surface area contributed by atoms with Crippen LogP contribution in [0.15, 0.2) is 66.7 Å². The van der Waals surface area contributed by atoms with Crippen molar-refractivity contribution >= 4 is 29.0 Å². The molecule has 0 unspecified atom stereocenters. The van der Waals surface area contributed by atoms with Gasteiger partial charge in [0.25, 0.3) is 5.91 Å². The maximum absolute atomic E-state index is 12.7. The van der Waals surface area contributed by atoms with E-state index in [-0.39, 0.29) is 23.6 Å². The predicted octanol–water partition coefficient (Wildman–Crippen LogP) is 6.17.